The van der Waals surface area contributed by atoms with Crippen LogP contribution < -0.4 is 15.0 Å². The average Bonchev–Trinajstić information content (AvgIpc) is 3.31. The van der Waals surface area contributed by atoms with Crippen LogP contribution in [0.3, 0.4) is 0 Å². The Morgan fingerprint density at radius 1 is 1.07 bits per heavy atom. The number of hydrogen-bond donors (Lipinski definition) is 0. The first-order valence-electron chi connectivity index (χ1n) is 8.28. The molecule has 4 aromatic rings. The van der Waals surface area contributed by atoms with Crippen LogP contribution in [0, 0.1) is 0 Å². The van der Waals surface area contributed by atoms with E-state index in [0.717, 1.165) is 5.56 Å². The largest absolute Gasteiger partial charge is 0.454 e. The second kappa shape index (κ2) is 5.89. The predicted molar refractivity (Wildman–Crippen MR) is 101 cm³/mol. The number of hydrogen-bond acceptors (Lipinski definition) is 5. The fraction of sp³-hybridized carbons (Fsp3) is 0.100. The van der Waals surface area contributed by atoms with Crippen LogP contribution in [0.2, 0.25) is 5.02 Å². The van der Waals surface area contributed by atoms with Crippen LogP contribution in [-0.4, -0.2) is 16.5 Å². The minimum atomic E-state index is -0.212. The molecule has 0 N–H and O–H groups in total. The smallest absolute Gasteiger partial charge is 0.264 e. The summed E-state index contributed by atoms with van der Waals surface area (Å²) >= 11 is 6.27. The van der Waals surface area contributed by atoms with Crippen LogP contribution in [-0.2, 0) is 7.05 Å². The minimum Gasteiger partial charge on any atom is -0.454 e. The summed E-state index contributed by atoms with van der Waals surface area (Å²) in [5, 5.41) is 5.01. The van der Waals surface area contributed by atoms with E-state index in [4.69, 9.17) is 25.6 Å². The van der Waals surface area contributed by atoms with Crippen LogP contribution in [0.25, 0.3) is 33.5 Å². The van der Waals surface area contributed by atoms with Gasteiger partial charge in [0.15, 0.2) is 17.1 Å². The van der Waals surface area contributed by atoms with E-state index in [-0.39, 0.29) is 12.4 Å². The lowest BCUT2D eigenvalue weighted by atomic mass is 10.1. The van der Waals surface area contributed by atoms with Crippen LogP contribution in [0.15, 0.2) is 57.8 Å². The van der Waals surface area contributed by atoms with Crippen molar-refractivity contribution in [3.63, 3.8) is 0 Å². The van der Waals surface area contributed by atoms with Crippen molar-refractivity contribution in [2.24, 2.45) is 7.05 Å². The third-order valence-electron chi connectivity index (χ3n) is 4.66. The first-order valence-corrected chi connectivity index (χ1v) is 8.65. The first kappa shape index (κ1) is 16.0. The highest BCUT2D eigenvalue weighted by atomic mass is 35.5. The molecule has 0 aliphatic carbocycles. The van der Waals surface area contributed by atoms with E-state index in [9.17, 15) is 4.79 Å². The molecule has 0 unspecified atom stereocenters. The SMILES string of the molecule is Cn1c(-c2ccc3c(c2)OCO3)cc2onc(-c3ccccc3Cl)c2c1=O. The third kappa shape index (κ3) is 2.41. The Morgan fingerprint density at radius 2 is 1.89 bits per heavy atom. The van der Waals surface area contributed by atoms with E-state index < -0.39 is 0 Å². The molecule has 134 valence electrons. The second-order valence-corrected chi connectivity index (χ2v) is 6.62. The van der Waals surface area contributed by atoms with Gasteiger partial charge < -0.3 is 18.6 Å². The second-order valence-electron chi connectivity index (χ2n) is 6.21. The maximum absolute atomic E-state index is 13.1. The van der Waals surface area contributed by atoms with Gasteiger partial charge in [-0.1, -0.05) is 35.0 Å². The summed E-state index contributed by atoms with van der Waals surface area (Å²) in [4.78, 5) is 13.1. The Bertz CT molecular complexity index is 1260. The molecule has 5 rings (SSSR count). The Balaban J connectivity index is 1.73. The van der Waals surface area contributed by atoms with Gasteiger partial charge in [0.25, 0.3) is 5.56 Å². The number of aromatic nitrogens is 2. The summed E-state index contributed by atoms with van der Waals surface area (Å²) in [7, 11) is 1.71. The molecule has 0 saturated heterocycles. The lowest BCUT2D eigenvalue weighted by molar-refractivity contribution is 0.174. The molecule has 1 aliphatic heterocycles. The van der Waals surface area contributed by atoms with Crippen molar-refractivity contribution in [1.82, 2.24) is 9.72 Å². The van der Waals surface area contributed by atoms with E-state index in [1.807, 2.05) is 36.4 Å². The van der Waals surface area contributed by atoms with E-state index in [0.29, 0.717) is 44.4 Å². The van der Waals surface area contributed by atoms with Gasteiger partial charge in [0.1, 0.15) is 11.1 Å². The monoisotopic (exact) mass is 380 g/mol. The van der Waals surface area contributed by atoms with E-state index in [1.54, 1.807) is 23.7 Å². The van der Waals surface area contributed by atoms with Gasteiger partial charge in [0.05, 0.1) is 10.7 Å². The lowest BCUT2D eigenvalue weighted by Crippen LogP contribution is -2.18. The van der Waals surface area contributed by atoms with Crippen molar-refractivity contribution >= 4 is 22.6 Å². The number of benzene rings is 2. The number of pyridine rings is 1. The molecule has 0 amide bonds. The van der Waals surface area contributed by atoms with Crippen molar-refractivity contribution in [1.29, 1.82) is 0 Å². The molecule has 1 aliphatic rings. The van der Waals surface area contributed by atoms with E-state index in [1.165, 1.54) is 0 Å². The van der Waals surface area contributed by atoms with Crippen LogP contribution >= 0.6 is 11.6 Å². The first-order chi connectivity index (χ1) is 13.1. The Labute approximate surface area is 158 Å². The summed E-state index contributed by atoms with van der Waals surface area (Å²) in [5.41, 5.74) is 2.79. The summed E-state index contributed by atoms with van der Waals surface area (Å²) in [6.45, 7) is 0.194. The molecule has 0 bridgehead atoms. The summed E-state index contributed by atoms with van der Waals surface area (Å²) in [6, 6.07) is 14.6. The molecule has 2 aromatic heterocycles. The summed E-state index contributed by atoms with van der Waals surface area (Å²) in [6.07, 6.45) is 0. The van der Waals surface area contributed by atoms with Gasteiger partial charge in [-0.2, -0.15) is 0 Å². The minimum absolute atomic E-state index is 0.194. The topological polar surface area (TPSA) is 66.5 Å². The van der Waals surface area contributed by atoms with Gasteiger partial charge in [-0.05, 0) is 24.3 Å². The molecular formula is C20H13ClN2O4. The molecular weight excluding hydrogens is 368 g/mol. The maximum atomic E-state index is 13.1. The molecule has 0 radical (unpaired) electrons. The summed E-state index contributed by atoms with van der Waals surface area (Å²) < 4.78 is 17.8. The van der Waals surface area contributed by atoms with Crippen LogP contribution in [0.1, 0.15) is 0 Å². The molecule has 6 nitrogen and oxygen atoms in total. The van der Waals surface area contributed by atoms with Gasteiger partial charge >= 0.3 is 0 Å². The number of fused-ring (bicyclic) bond motifs is 2. The predicted octanol–water partition coefficient (Wildman–Crippen LogP) is 4.24. The average molecular weight is 381 g/mol. The van der Waals surface area contributed by atoms with Gasteiger partial charge in [-0.15, -0.1) is 0 Å². The van der Waals surface area contributed by atoms with Gasteiger partial charge in [-0.25, -0.2) is 0 Å². The van der Waals surface area contributed by atoms with E-state index >= 15 is 0 Å². The molecule has 2 aromatic carbocycles. The van der Waals surface area contributed by atoms with Crippen molar-refractivity contribution in [2.45, 2.75) is 0 Å². The zero-order valence-electron chi connectivity index (χ0n) is 14.2. The molecule has 7 heteroatoms. The van der Waals surface area contributed by atoms with Crippen LogP contribution in [0.4, 0.5) is 0 Å². The highest BCUT2D eigenvalue weighted by molar-refractivity contribution is 6.33. The fourth-order valence-electron chi connectivity index (χ4n) is 3.28. The Kier molecular flexibility index (Phi) is 3.48. The van der Waals surface area contributed by atoms with Crippen molar-refractivity contribution in [3.8, 4) is 34.0 Å². The van der Waals surface area contributed by atoms with Crippen molar-refractivity contribution in [3.05, 3.63) is 63.9 Å². The normalized spacial score (nSPS) is 12.7. The van der Waals surface area contributed by atoms with E-state index in [2.05, 4.69) is 5.16 Å². The zero-order valence-corrected chi connectivity index (χ0v) is 15.0. The molecule has 3 heterocycles. The molecule has 0 atom stereocenters. The highest BCUT2D eigenvalue weighted by Crippen LogP contribution is 2.37. The maximum Gasteiger partial charge on any atom is 0.264 e. The number of nitrogens with zero attached hydrogens (tertiary/aromatic N) is 2. The Morgan fingerprint density at radius 3 is 2.74 bits per heavy atom. The molecule has 0 fully saturated rings. The van der Waals surface area contributed by atoms with Crippen molar-refractivity contribution < 1.29 is 14.0 Å². The molecule has 0 saturated carbocycles. The van der Waals surface area contributed by atoms with Crippen LogP contribution in [0.5, 0.6) is 11.5 Å². The van der Waals surface area contributed by atoms with Crippen molar-refractivity contribution in [2.75, 3.05) is 6.79 Å². The quantitative estimate of drug-likeness (QED) is 0.520. The zero-order chi connectivity index (χ0) is 18.5. The standard InChI is InChI=1S/C20H13ClN2O4/c1-23-14(11-6-7-15-16(8-11)26-10-25-15)9-17-18(20(23)24)19(22-27-17)12-4-2-3-5-13(12)21/h2-9H,10H2,1H3. The Hall–Kier alpha value is -3.25. The lowest BCUT2D eigenvalue weighted by Gasteiger charge is -2.09. The fourth-order valence-corrected chi connectivity index (χ4v) is 3.50. The van der Waals surface area contributed by atoms with Gasteiger partial charge in [0, 0.05) is 24.2 Å². The molecule has 0 spiro atoms. The summed E-state index contributed by atoms with van der Waals surface area (Å²) in [5.74, 6) is 1.33. The van der Waals surface area contributed by atoms with Gasteiger partial charge in [0.2, 0.25) is 6.79 Å². The third-order valence-corrected chi connectivity index (χ3v) is 4.99. The highest BCUT2D eigenvalue weighted by Gasteiger charge is 2.21. The number of ether oxygens (including phenoxy) is 2. The number of halogens is 1. The number of rotatable bonds is 2. The molecule has 27 heavy (non-hydrogen) atoms. The van der Waals surface area contributed by atoms with Gasteiger partial charge in [-0.3, -0.25) is 4.79 Å².